The van der Waals surface area contributed by atoms with E-state index < -0.39 is 0 Å². The van der Waals surface area contributed by atoms with Gasteiger partial charge in [-0.15, -0.1) is 0 Å². The van der Waals surface area contributed by atoms with E-state index in [1.54, 1.807) is 6.07 Å². The number of anilines is 1. The predicted molar refractivity (Wildman–Crippen MR) is 72.4 cm³/mol. The first-order valence-electron chi connectivity index (χ1n) is 6.11. The number of rotatable bonds is 5. The number of carbonyl (C=O) groups excluding carboxylic acids is 1. The molecule has 0 atom stereocenters. The Morgan fingerprint density at radius 1 is 1.56 bits per heavy atom. The average molecular weight is 266 g/mol. The molecule has 2 rings (SSSR count). The van der Waals surface area contributed by atoms with E-state index in [2.05, 4.69) is 15.3 Å². The maximum Gasteiger partial charge on any atom is 0.230 e. The van der Waals surface area contributed by atoms with Gasteiger partial charge in [0.25, 0.3) is 0 Å². The van der Waals surface area contributed by atoms with Crippen molar-refractivity contribution in [3.05, 3.63) is 11.9 Å². The molecule has 0 aromatic carbocycles. The second-order valence-corrected chi connectivity index (χ2v) is 5.77. The molecule has 18 heavy (non-hydrogen) atoms. The van der Waals surface area contributed by atoms with Crippen LogP contribution in [-0.4, -0.2) is 27.7 Å². The molecule has 0 saturated heterocycles. The van der Waals surface area contributed by atoms with Crippen LogP contribution in [0.1, 0.15) is 38.4 Å². The highest BCUT2D eigenvalue weighted by atomic mass is 32.2. The van der Waals surface area contributed by atoms with Crippen LogP contribution in [0.25, 0.3) is 0 Å². The molecule has 0 bridgehead atoms. The molecule has 1 aromatic rings. The van der Waals surface area contributed by atoms with Crippen LogP contribution in [0.15, 0.2) is 11.1 Å². The van der Waals surface area contributed by atoms with Gasteiger partial charge in [-0.05, 0) is 12.8 Å². The van der Waals surface area contributed by atoms with Gasteiger partial charge in [-0.2, -0.15) is 0 Å². The van der Waals surface area contributed by atoms with Gasteiger partial charge in [0, 0.05) is 18.0 Å². The van der Waals surface area contributed by atoms with E-state index in [4.69, 9.17) is 5.73 Å². The Hall–Kier alpha value is -1.30. The number of nitrogens with two attached hydrogens (primary N) is 1. The van der Waals surface area contributed by atoms with Crippen LogP contribution in [0.5, 0.6) is 0 Å². The summed E-state index contributed by atoms with van der Waals surface area (Å²) in [6.45, 7) is 4.03. The molecule has 1 fully saturated rings. The molecule has 0 unspecified atom stereocenters. The number of nitrogen functional groups attached to an aromatic ring is 1. The van der Waals surface area contributed by atoms with Gasteiger partial charge in [0.1, 0.15) is 16.7 Å². The van der Waals surface area contributed by atoms with Gasteiger partial charge in [0.2, 0.25) is 5.91 Å². The van der Waals surface area contributed by atoms with E-state index >= 15 is 0 Å². The first-order valence-corrected chi connectivity index (χ1v) is 7.10. The zero-order valence-electron chi connectivity index (χ0n) is 10.6. The second kappa shape index (κ2) is 5.56. The van der Waals surface area contributed by atoms with Crippen molar-refractivity contribution in [1.29, 1.82) is 0 Å². The second-order valence-electron chi connectivity index (χ2n) is 4.77. The Morgan fingerprint density at radius 3 is 2.89 bits per heavy atom. The smallest absolute Gasteiger partial charge is 0.230 e. The molecule has 1 aliphatic rings. The number of nitrogens with one attached hydrogen (secondary N) is 1. The van der Waals surface area contributed by atoms with E-state index in [-0.39, 0.29) is 11.8 Å². The monoisotopic (exact) mass is 266 g/mol. The Morgan fingerprint density at radius 2 is 2.28 bits per heavy atom. The van der Waals surface area contributed by atoms with E-state index in [0.29, 0.717) is 17.6 Å². The summed E-state index contributed by atoms with van der Waals surface area (Å²) in [7, 11) is 0. The van der Waals surface area contributed by atoms with Crippen LogP contribution in [0.3, 0.4) is 0 Å². The lowest BCUT2D eigenvalue weighted by molar-refractivity contribution is -0.118. The van der Waals surface area contributed by atoms with Crippen LogP contribution in [0.2, 0.25) is 0 Å². The highest BCUT2D eigenvalue weighted by molar-refractivity contribution is 7.99. The molecule has 3 N–H and O–H groups in total. The predicted octanol–water partition coefficient (Wildman–Crippen LogP) is 1.55. The summed E-state index contributed by atoms with van der Waals surface area (Å²) in [6, 6.07) is 2.11. The third kappa shape index (κ3) is 3.87. The molecule has 6 heteroatoms. The molecule has 1 amide bonds. The van der Waals surface area contributed by atoms with Crippen molar-refractivity contribution in [1.82, 2.24) is 15.3 Å². The molecule has 98 valence electrons. The lowest BCUT2D eigenvalue weighted by Crippen LogP contribution is -2.27. The summed E-state index contributed by atoms with van der Waals surface area (Å²) in [5, 5.41) is 3.70. The van der Waals surface area contributed by atoms with Crippen LogP contribution in [-0.2, 0) is 4.79 Å². The SMILES string of the molecule is CC(C)c1nc(N)cc(SCC(=O)NC2CC2)n1. The number of nitrogens with zero attached hydrogens (tertiary/aromatic N) is 2. The van der Waals surface area contributed by atoms with Crippen molar-refractivity contribution < 1.29 is 4.79 Å². The summed E-state index contributed by atoms with van der Waals surface area (Å²) in [5.41, 5.74) is 5.73. The highest BCUT2D eigenvalue weighted by Crippen LogP contribution is 2.22. The Bertz CT molecular complexity index is 446. The van der Waals surface area contributed by atoms with Gasteiger partial charge in [-0.3, -0.25) is 4.79 Å². The topological polar surface area (TPSA) is 80.9 Å². The Kier molecular flexibility index (Phi) is 4.06. The van der Waals surface area contributed by atoms with E-state index in [0.717, 1.165) is 23.7 Å². The minimum atomic E-state index is 0.0609. The minimum absolute atomic E-state index is 0.0609. The van der Waals surface area contributed by atoms with Crippen LogP contribution in [0.4, 0.5) is 5.82 Å². The molecule has 5 nitrogen and oxygen atoms in total. The summed E-state index contributed by atoms with van der Waals surface area (Å²) >= 11 is 1.40. The fraction of sp³-hybridized carbons (Fsp3) is 0.583. The van der Waals surface area contributed by atoms with Crippen LogP contribution >= 0.6 is 11.8 Å². The van der Waals surface area contributed by atoms with Gasteiger partial charge in [-0.1, -0.05) is 25.6 Å². The average Bonchev–Trinajstić information content (AvgIpc) is 3.09. The van der Waals surface area contributed by atoms with Crippen LogP contribution < -0.4 is 11.1 Å². The van der Waals surface area contributed by atoms with Crippen molar-refractivity contribution in [3.8, 4) is 0 Å². The summed E-state index contributed by atoms with van der Waals surface area (Å²) < 4.78 is 0. The van der Waals surface area contributed by atoms with Crippen molar-refractivity contribution in [3.63, 3.8) is 0 Å². The lowest BCUT2D eigenvalue weighted by atomic mass is 10.2. The standard InChI is InChI=1S/C12H18N4OS/c1-7(2)12-15-9(13)5-11(16-12)18-6-10(17)14-8-3-4-8/h5,7-8H,3-4,6H2,1-2H3,(H,14,17)(H2,13,15,16). The molecule has 0 spiro atoms. The molecule has 0 radical (unpaired) electrons. The van der Waals surface area contributed by atoms with Crippen molar-refractivity contribution in [2.24, 2.45) is 0 Å². The number of hydrogen-bond acceptors (Lipinski definition) is 5. The zero-order chi connectivity index (χ0) is 13.1. The van der Waals surface area contributed by atoms with Crippen molar-refractivity contribution in [2.45, 2.75) is 43.7 Å². The Labute approximate surface area is 111 Å². The van der Waals surface area contributed by atoms with Gasteiger partial charge >= 0.3 is 0 Å². The summed E-state index contributed by atoms with van der Waals surface area (Å²) in [5.74, 6) is 1.85. The maximum absolute atomic E-state index is 11.6. The molecule has 0 aliphatic heterocycles. The molecule has 1 heterocycles. The first kappa shape index (κ1) is 13.1. The van der Waals surface area contributed by atoms with E-state index in [1.165, 1.54) is 11.8 Å². The molecule has 1 aliphatic carbocycles. The van der Waals surface area contributed by atoms with Gasteiger partial charge in [-0.25, -0.2) is 9.97 Å². The number of amides is 1. The fourth-order valence-corrected chi connectivity index (χ4v) is 2.15. The molecule has 1 aromatic heterocycles. The quantitative estimate of drug-likeness (QED) is 0.624. The van der Waals surface area contributed by atoms with Crippen LogP contribution in [0, 0.1) is 0 Å². The highest BCUT2D eigenvalue weighted by Gasteiger charge is 2.23. The van der Waals surface area contributed by atoms with Crippen molar-refractivity contribution >= 4 is 23.5 Å². The molecular weight excluding hydrogens is 248 g/mol. The number of hydrogen-bond donors (Lipinski definition) is 2. The first-order chi connectivity index (χ1) is 8.54. The number of aromatic nitrogens is 2. The molecule has 1 saturated carbocycles. The summed E-state index contributed by atoms with van der Waals surface area (Å²) in [6.07, 6.45) is 2.21. The molecular formula is C12H18N4OS. The third-order valence-corrected chi connectivity index (χ3v) is 3.46. The maximum atomic E-state index is 11.6. The number of carbonyl (C=O) groups is 1. The van der Waals surface area contributed by atoms with Gasteiger partial charge in [0.15, 0.2) is 0 Å². The Balaban J connectivity index is 1.93. The fourth-order valence-electron chi connectivity index (χ4n) is 1.43. The number of thioether (sulfide) groups is 1. The minimum Gasteiger partial charge on any atom is -0.384 e. The van der Waals surface area contributed by atoms with Gasteiger partial charge < -0.3 is 11.1 Å². The largest absolute Gasteiger partial charge is 0.384 e. The van der Waals surface area contributed by atoms with E-state index in [1.807, 2.05) is 13.8 Å². The van der Waals surface area contributed by atoms with E-state index in [9.17, 15) is 4.79 Å². The van der Waals surface area contributed by atoms with Crippen molar-refractivity contribution in [2.75, 3.05) is 11.5 Å². The third-order valence-electron chi connectivity index (χ3n) is 2.55. The lowest BCUT2D eigenvalue weighted by Gasteiger charge is -2.07. The normalized spacial score (nSPS) is 14.8. The summed E-state index contributed by atoms with van der Waals surface area (Å²) in [4.78, 5) is 20.1. The van der Waals surface area contributed by atoms with Gasteiger partial charge in [0.05, 0.1) is 5.75 Å². The zero-order valence-corrected chi connectivity index (χ0v) is 11.5.